The van der Waals surface area contributed by atoms with Crippen LogP contribution in [0.15, 0.2) is 18.2 Å². The SMILES string of the molecule is CCCOc1cc(C)cc(CCCCCC(=O)C(C)C)c1. The number of aryl methyl sites for hydroxylation is 2. The molecule has 0 aliphatic carbocycles. The summed E-state index contributed by atoms with van der Waals surface area (Å²) < 4.78 is 5.72. The van der Waals surface area contributed by atoms with E-state index in [4.69, 9.17) is 4.74 Å². The molecule has 0 bridgehead atoms. The first kappa shape index (κ1) is 17.7. The average Bonchev–Trinajstić information content (AvgIpc) is 2.43. The van der Waals surface area contributed by atoms with Crippen molar-refractivity contribution in [3.05, 3.63) is 29.3 Å². The third-order valence-electron chi connectivity index (χ3n) is 3.62. The fourth-order valence-corrected chi connectivity index (χ4v) is 2.37. The number of ketones is 1. The Labute approximate surface area is 129 Å². The molecule has 0 spiro atoms. The van der Waals surface area contributed by atoms with E-state index in [0.717, 1.165) is 50.9 Å². The van der Waals surface area contributed by atoms with Crippen molar-refractivity contribution < 1.29 is 9.53 Å². The second kappa shape index (κ2) is 9.59. The van der Waals surface area contributed by atoms with Crippen molar-refractivity contribution in [3.8, 4) is 5.75 Å². The molecule has 0 atom stereocenters. The molecule has 2 nitrogen and oxygen atoms in total. The normalized spacial score (nSPS) is 10.9. The van der Waals surface area contributed by atoms with Crippen molar-refractivity contribution >= 4 is 5.78 Å². The first-order valence-electron chi connectivity index (χ1n) is 8.29. The van der Waals surface area contributed by atoms with Gasteiger partial charge in [0.05, 0.1) is 6.61 Å². The Morgan fingerprint density at radius 2 is 1.90 bits per heavy atom. The number of hydrogen-bond acceptors (Lipinski definition) is 2. The second-order valence-corrected chi connectivity index (χ2v) is 6.18. The summed E-state index contributed by atoms with van der Waals surface area (Å²) in [5, 5.41) is 0. The zero-order valence-corrected chi connectivity index (χ0v) is 14.1. The summed E-state index contributed by atoms with van der Waals surface area (Å²) in [5.74, 6) is 1.56. The zero-order valence-electron chi connectivity index (χ0n) is 14.1. The van der Waals surface area contributed by atoms with Crippen LogP contribution in [0, 0.1) is 12.8 Å². The quantitative estimate of drug-likeness (QED) is 0.560. The molecule has 0 amide bonds. The minimum atomic E-state index is 0.181. The van der Waals surface area contributed by atoms with Crippen molar-refractivity contribution in [1.29, 1.82) is 0 Å². The summed E-state index contributed by atoms with van der Waals surface area (Å²) in [6, 6.07) is 6.49. The van der Waals surface area contributed by atoms with Crippen LogP contribution in [-0.2, 0) is 11.2 Å². The Kier molecular flexibility index (Phi) is 8.11. The van der Waals surface area contributed by atoms with Crippen LogP contribution in [0.1, 0.15) is 64.0 Å². The lowest BCUT2D eigenvalue weighted by molar-refractivity contribution is -0.122. The van der Waals surface area contributed by atoms with Gasteiger partial charge in [-0.05, 0) is 55.9 Å². The molecule has 0 fully saturated rings. The summed E-state index contributed by atoms with van der Waals surface area (Å²) >= 11 is 0. The molecule has 1 rings (SSSR count). The van der Waals surface area contributed by atoms with Crippen LogP contribution in [-0.4, -0.2) is 12.4 Å². The minimum Gasteiger partial charge on any atom is -0.494 e. The van der Waals surface area contributed by atoms with Crippen LogP contribution in [0.25, 0.3) is 0 Å². The van der Waals surface area contributed by atoms with Gasteiger partial charge in [-0.2, -0.15) is 0 Å². The Morgan fingerprint density at radius 1 is 1.14 bits per heavy atom. The van der Waals surface area contributed by atoms with Gasteiger partial charge in [0.25, 0.3) is 0 Å². The van der Waals surface area contributed by atoms with Crippen molar-refractivity contribution in [1.82, 2.24) is 0 Å². The van der Waals surface area contributed by atoms with Crippen LogP contribution in [0.4, 0.5) is 0 Å². The molecule has 0 heterocycles. The molecule has 1 aromatic rings. The van der Waals surface area contributed by atoms with Gasteiger partial charge in [0.2, 0.25) is 0 Å². The predicted octanol–water partition coefficient (Wildman–Crippen LogP) is 5.11. The number of benzene rings is 1. The summed E-state index contributed by atoms with van der Waals surface area (Å²) in [6.45, 7) is 8.97. The number of ether oxygens (including phenoxy) is 1. The van der Waals surface area contributed by atoms with E-state index in [1.165, 1.54) is 11.1 Å². The number of unbranched alkanes of at least 4 members (excludes halogenated alkanes) is 2. The van der Waals surface area contributed by atoms with Crippen LogP contribution >= 0.6 is 0 Å². The first-order chi connectivity index (χ1) is 10.0. The largest absolute Gasteiger partial charge is 0.494 e. The van der Waals surface area contributed by atoms with Crippen molar-refractivity contribution in [2.45, 2.75) is 66.2 Å². The number of carbonyl (C=O) groups is 1. The second-order valence-electron chi connectivity index (χ2n) is 6.18. The first-order valence-corrected chi connectivity index (χ1v) is 8.29. The van der Waals surface area contributed by atoms with Crippen LogP contribution in [0.2, 0.25) is 0 Å². The molecule has 21 heavy (non-hydrogen) atoms. The van der Waals surface area contributed by atoms with Gasteiger partial charge >= 0.3 is 0 Å². The van der Waals surface area contributed by atoms with Crippen molar-refractivity contribution in [3.63, 3.8) is 0 Å². The van der Waals surface area contributed by atoms with E-state index in [1.807, 2.05) is 13.8 Å². The molecule has 1 aromatic carbocycles. The van der Waals surface area contributed by atoms with E-state index < -0.39 is 0 Å². The van der Waals surface area contributed by atoms with E-state index in [0.29, 0.717) is 5.78 Å². The highest BCUT2D eigenvalue weighted by Gasteiger charge is 2.06. The highest BCUT2D eigenvalue weighted by molar-refractivity contribution is 5.80. The smallest absolute Gasteiger partial charge is 0.135 e. The molecule has 0 N–H and O–H groups in total. The van der Waals surface area contributed by atoms with E-state index >= 15 is 0 Å². The number of Topliss-reactive ketones (excluding diaryl/α,β-unsaturated/α-hetero) is 1. The van der Waals surface area contributed by atoms with Gasteiger partial charge < -0.3 is 4.74 Å². The van der Waals surface area contributed by atoms with E-state index in [2.05, 4.69) is 32.0 Å². The number of rotatable bonds is 10. The molecule has 0 unspecified atom stereocenters. The highest BCUT2D eigenvalue weighted by atomic mass is 16.5. The van der Waals surface area contributed by atoms with Gasteiger partial charge in [-0.15, -0.1) is 0 Å². The lowest BCUT2D eigenvalue weighted by atomic mass is 10.0. The van der Waals surface area contributed by atoms with E-state index in [1.54, 1.807) is 0 Å². The molecule has 0 saturated carbocycles. The Bertz CT molecular complexity index is 435. The fraction of sp³-hybridized carbons (Fsp3) is 0.632. The van der Waals surface area contributed by atoms with Crippen LogP contribution < -0.4 is 4.74 Å². The summed E-state index contributed by atoms with van der Waals surface area (Å²) in [6.07, 6.45) is 6.12. The molecule has 0 radical (unpaired) electrons. The topological polar surface area (TPSA) is 26.3 Å². The van der Waals surface area contributed by atoms with Gasteiger partial charge in [0.1, 0.15) is 11.5 Å². The van der Waals surface area contributed by atoms with Crippen LogP contribution in [0.5, 0.6) is 5.75 Å². The monoisotopic (exact) mass is 290 g/mol. The van der Waals surface area contributed by atoms with Gasteiger partial charge in [-0.3, -0.25) is 4.79 Å². The lowest BCUT2D eigenvalue weighted by Gasteiger charge is -2.09. The standard InChI is InChI=1S/C19H30O2/c1-5-11-21-18-13-16(4)12-17(14-18)9-7-6-8-10-19(20)15(2)3/h12-15H,5-11H2,1-4H3. The Balaban J connectivity index is 2.34. The fourth-order valence-electron chi connectivity index (χ4n) is 2.37. The third-order valence-corrected chi connectivity index (χ3v) is 3.62. The maximum atomic E-state index is 11.5. The Morgan fingerprint density at radius 3 is 2.57 bits per heavy atom. The van der Waals surface area contributed by atoms with Gasteiger partial charge in [-0.1, -0.05) is 33.3 Å². The van der Waals surface area contributed by atoms with Crippen molar-refractivity contribution in [2.24, 2.45) is 5.92 Å². The lowest BCUT2D eigenvalue weighted by Crippen LogP contribution is -2.06. The van der Waals surface area contributed by atoms with Gasteiger partial charge in [-0.25, -0.2) is 0 Å². The number of hydrogen-bond donors (Lipinski definition) is 0. The summed E-state index contributed by atoms with van der Waals surface area (Å²) in [5.41, 5.74) is 2.60. The third kappa shape index (κ3) is 7.31. The average molecular weight is 290 g/mol. The highest BCUT2D eigenvalue weighted by Crippen LogP contribution is 2.19. The maximum Gasteiger partial charge on any atom is 0.135 e. The number of carbonyl (C=O) groups excluding carboxylic acids is 1. The molecule has 0 aliphatic heterocycles. The summed E-state index contributed by atoms with van der Waals surface area (Å²) in [4.78, 5) is 11.5. The van der Waals surface area contributed by atoms with E-state index in [9.17, 15) is 4.79 Å². The van der Waals surface area contributed by atoms with Gasteiger partial charge in [0, 0.05) is 12.3 Å². The Hall–Kier alpha value is -1.31. The van der Waals surface area contributed by atoms with E-state index in [-0.39, 0.29) is 5.92 Å². The molecular formula is C19H30O2. The molecule has 0 aliphatic rings. The molecule has 0 saturated heterocycles. The molecule has 0 aromatic heterocycles. The minimum absolute atomic E-state index is 0.181. The van der Waals surface area contributed by atoms with Crippen molar-refractivity contribution in [2.75, 3.05) is 6.61 Å². The molecule has 2 heteroatoms. The molecular weight excluding hydrogens is 260 g/mol. The van der Waals surface area contributed by atoms with Crippen LogP contribution in [0.3, 0.4) is 0 Å². The summed E-state index contributed by atoms with van der Waals surface area (Å²) in [7, 11) is 0. The predicted molar refractivity (Wildman–Crippen MR) is 89.0 cm³/mol. The maximum absolute atomic E-state index is 11.5. The van der Waals surface area contributed by atoms with Gasteiger partial charge in [0.15, 0.2) is 0 Å². The zero-order chi connectivity index (χ0) is 15.7. The molecule has 118 valence electrons.